The molecule has 1 radical (unpaired) electrons. The van der Waals surface area contributed by atoms with Gasteiger partial charge in [-0.25, -0.2) is 0 Å². The zero-order valence-electron chi connectivity index (χ0n) is 8.61. The van der Waals surface area contributed by atoms with Crippen LogP contribution in [0.3, 0.4) is 0 Å². The Hall–Kier alpha value is 0. The molecular formula is C11H23. The summed E-state index contributed by atoms with van der Waals surface area (Å²) in [5.74, 6) is 0. The first-order valence-electron chi connectivity index (χ1n) is 4.88. The Kier molecular flexibility index (Phi) is 5.62. The van der Waals surface area contributed by atoms with Gasteiger partial charge in [0.25, 0.3) is 0 Å². The minimum Gasteiger partial charge on any atom is -0.0654 e. The van der Waals surface area contributed by atoms with Gasteiger partial charge in [-0.2, -0.15) is 0 Å². The van der Waals surface area contributed by atoms with E-state index in [0.29, 0.717) is 5.41 Å². The minimum atomic E-state index is 0.528. The van der Waals surface area contributed by atoms with Gasteiger partial charge in [0.1, 0.15) is 0 Å². The molecule has 0 spiro atoms. The fourth-order valence-corrected chi connectivity index (χ4v) is 1.13. The Morgan fingerprint density at radius 2 is 1.73 bits per heavy atom. The summed E-state index contributed by atoms with van der Waals surface area (Å²) in [4.78, 5) is 0. The molecular weight excluding hydrogens is 132 g/mol. The van der Waals surface area contributed by atoms with Gasteiger partial charge in [0.05, 0.1) is 0 Å². The smallest absolute Gasteiger partial charge is 0.0383 e. The van der Waals surface area contributed by atoms with Crippen LogP contribution in [-0.2, 0) is 0 Å². The van der Waals surface area contributed by atoms with Crippen molar-refractivity contribution in [3.8, 4) is 0 Å². The van der Waals surface area contributed by atoms with Gasteiger partial charge >= 0.3 is 0 Å². The average Bonchev–Trinajstić information content (AvgIpc) is 1.85. The van der Waals surface area contributed by atoms with Gasteiger partial charge < -0.3 is 0 Å². The van der Waals surface area contributed by atoms with Crippen LogP contribution in [0.25, 0.3) is 0 Å². The lowest BCUT2D eigenvalue weighted by atomic mass is 9.89. The largest absolute Gasteiger partial charge is 0.0654 e. The van der Waals surface area contributed by atoms with Crippen molar-refractivity contribution in [1.82, 2.24) is 0 Å². The van der Waals surface area contributed by atoms with Gasteiger partial charge in [0, 0.05) is 0 Å². The Morgan fingerprint density at radius 1 is 1.09 bits per heavy atom. The molecule has 0 rings (SSSR count). The van der Waals surface area contributed by atoms with Gasteiger partial charge in [0.2, 0.25) is 0 Å². The van der Waals surface area contributed by atoms with E-state index in [0.717, 1.165) is 0 Å². The second-order valence-electron chi connectivity index (χ2n) is 4.53. The molecule has 0 aromatic carbocycles. The highest BCUT2D eigenvalue weighted by Crippen LogP contribution is 2.22. The molecule has 0 fully saturated rings. The highest BCUT2D eigenvalue weighted by atomic mass is 14.1. The van der Waals surface area contributed by atoms with E-state index < -0.39 is 0 Å². The normalized spacial score (nSPS) is 12.0. The van der Waals surface area contributed by atoms with Crippen LogP contribution >= 0.6 is 0 Å². The van der Waals surface area contributed by atoms with Crippen LogP contribution in [0.2, 0.25) is 0 Å². The minimum absolute atomic E-state index is 0.528. The monoisotopic (exact) mass is 155 g/mol. The Labute approximate surface area is 72.4 Å². The third kappa shape index (κ3) is 10.0. The molecule has 0 saturated carbocycles. The predicted octanol–water partition coefficient (Wildman–Crippen LogP) is 4.21. The second-order valence-corrected chi connectivity index (χ2v) is 4.53. The van der Waals surface area contributed by atoms with Crippen LogP contribution < -0.4 is 0 Å². The molecule has 0 unspecified atom stereocenters. The maximum Gasteiger partial charge on any atom is -0.0383 e. The quantitative estimate of drug-likeness (QED) is 0.522. The lowest BCUT2D eigenvalue weighted by Crippen LogP contribution is -2.03. The zero-order valence-corrected chi connectivity index (χ0v) is 8.61. The standard InChI is InChI=1S/C11H23/c1-5-6-7-8-9-10-11(2,3)4/h7H,5-6,8-10H2,1-4H3. The molecule has 11 heavy (non-hydrogen) atoms. The molecule has 0 bridgehead atoms. The molecule has 0 aromatic rings. The third-order valence-electron chi connectivity index (χ3n) is 1.83. The summed E-state index contributed by atoms with van der Waals surface area (Å²) < 4.78 is 0. The van der Waals surface area contributed by atoms with Crippen molar-refractivity contribution in [1.29, 1.82) is 0 Å². The fourth-order valence-electron chi connectivity index (χ4n) is 1.13. The lowest BCUT2D eigenvalue weighted by Gasteiger charge is -2.17. The van der Waals surface area contributed by atoms with E-state index in [2.05, 4.69) is 34.1 Å². The van der Waals surface area contributed by atoms with Gasteiger partial charge in [-0.15, -0.1) is 0 Å². The second kappa shape index (κ2) is 5.62. The van der Waals surface area contributed by atoms with Crippen LogP contribution in [0.5, 0.6) is 0 Å². The summed E-state index contributed by atoms with van der Waals surface area (Å²) in [6.07, 6.45) is 9.05. The van der Waals surface area contributed by atoms with Crippen molar-refractivity contribution in [3.63, 3.8) is 0 Å². The van der Waals surface area contributed by atoms with Crippen molar-refractivity contribution < 1.29 is 0 Å². The van der Waals surface area contributed by atoms with Crippen molar-refractivity contribution in [2.24, 2.45) is 5.41 Å². The molecule has 0 aliphatic rings. The van der Waals surface area contributed by atoms with Crippen molar-refractivity contribution >= 4 is 0 Å². The number of hydrogen-bond donors (Lipinski definition) is 0. The van der Waals surface area contributed by atoms with Crippen molar-refractivity contribution in [2.45, 2.75) is 59.8 Å². The van der Waals surface area contributed by atoms with E-state index in [1.807, 2.05) is 0 Å². The van der Waals surface area contributed by atoms with E-state index in [4.69, 9.17) is 0 Å². The van der Waals surface area contributed by atoms with Crippen LogP contribution in [-0.4, -0.2) is 0 Å². The van der Waals surface area contributed by atoms with Crippen molar-refractivity contribution in [2.75, 3.05) is 0 Å². The topological polar surface area (TPSA) is 0 Å². The van der Waals surface area contributed by atoms with E-state index in [-0.39, 0.29) is 0 Å². The molecule has 0 aliphatic heterocycles. The summed E-state index contributed by atoms with van der Waals surface area (Å²) in [5, 5.41) is 0. The zero-order chi connectivity index (χ0) is 8.74. The maximum atomic E-state index is 2.42. The van der Waals surface area contributed by atoms with Crippen LogP contribution in [0, 0.1) is 11.8 Å². The summed E-state index contributed by atoms with van der Waals surface area (Å²) in [5.41, 5.74) is 0.528. The molecule has 67 valence electrons. The third-order valence-corrected chi connectivity index (χ3v) is 1.83. The molecule has 0 amide bonds. The number of unbranched alkanes of at least 4 members (excludes halogenated alkanes) is 4. The van der Waals surface area contributed by atoms with E-state index >= 15 is 0 Å². The van der Waals surface area contributed by atoms with Crippen LogP contribution in [0.15, 0.2) is 0 Å². The Bertz CT molecular complexity index is 76.5. The van der Waals surface area contributed by atoms with Crippen LogP contribution in [0.1, 0.15) is 59.8 Å². The van der Waals surface area contributed by atoms with Crippen molar-refractivity contribution in [3.05, 3.63) is 6.42 Å². The van der Waals surface area contributed by atoms with E-state index in [1.165, 1.54) is 32.1 Å². The van der Waals surface area contributed by atoms with E-state index in [1.54, 1.807) is 0 Å². The van der Waals surface area contributed by atoms with Gasteiger partial charge in [-0.1, -0.05) is 53.4 Å². The molecule has 0 heterocycles. The summed E-state index contributed by atoms with van der Waals surface area (Å²) >= 11 is 0. The summed E-state index contributed by atoms with van der Waals surface area (Å²) in [7, 11) is 0. The molecule has 0 N–H and O–H groups in total. The van der Waals surface area contributed by atoms with E-state index in [9.17, 15) is 0 Å². The predicted molar refractivity (Wildman–Crippen MR) is 52.5 cm³/mol. The Morgan fingerprint density at radius 3 is 2.18 bits per heavy atom. The number of hydrogen-bond acceptors (Lipinski definition) is 0. The Balaban J connectivity index is 3.02. The summed E-state index contributed by atoms with van der Waals surface area (Å²) in [6, 6.07) is 0. The fraction of sp³-hybridized carbons (Fsp3) is 0.909. The molecule has 0 heteroatoms. The maximum absolute atomic E-state index is 2.42. The van der Waals surface area contributed by atoms with Crippen LogP contribution in [0.4, 0.5) is 0 Å². The van der Waals surface area contributed by atoms with Gasteiger partial charge in [0.15, 0.2) is 0 Å². The molecule has 0 aromatic heterocycles. The average molecular weight is 155 g/mol. The molecule has 0 saturated heterocycles. The SMILES string of the molecule is CCC[CH]CCCC(C)(C)C. The molecule has 0 aliphatic carbocycles. The first-order chi connectivity index (χ1) is 5.06. The highest BCUT2D eigenvalue weighted by Gasteiger charge is 2.08. The van der Waals surface area contributed by atoms with Gasteiger partial charge in [-0.3, -0.25) is 0 Å². The number of rotatable bonds is 5. The summed E-state index contributed by atoms with van der Waals surface area (Å²) in [6.45, 7) is 9.17. The molecule has 0 nitrogen and oxygen atoms in total. The highest BCUT2D eigenvalue weighted by molar-refractivity contribution is 4.67. The first-order valence-corrected chi connectivity index (χ1v) is 4.88. The first kappa shape index (κ1) is 11.0. The molecule has 0 atom stereocenters. The van der Waals surface area contributed by atoms with Gasteiger partial charge in [-0.05, 0) is 18.3 Å². The lowest BCUT2D eigenvalue weighted by molar-refractivity contribution is 0.364.